The number of nitrogens with zero attached hydrogens (tertiary/aromatic N) is 3. The van der Waals surface area contributed by atoms with Gasteiger partial charge in [0.2, 0.25) is 15.0 Å². The molecule has 0 radical (unpaired) electrons. The molecule has 1 N–H and O–H groups in total. The van der Waals surface area contributed by atoms with Gasteiger partial charge in [-0.25, -0.2) is 23.4 Å². The lowest BCUT2D eigenvalue weighted by Crippen LogP contribution is -2.12. The first-order valence-electron chi connectivity index (χ1n) is 9.43. The van der Waals surface area contributed by atoms with Crippen molar-refractivity contribution in [2.45, 2.75) is 16.8 Å². The van der Waals surface area contributed by atoms with Crippen molar-refractivity contribution in [3.63, 3.8) is 0 Å². The SMILES string of the molecule is O=S(=O)(CCC(S)c1nc(-c2ccccc2)c(-c2ccccc2)[nH]1)c1ncccn1. The van der Waals surface area contributed by atoms with Gasteiger partial charge in [0, 0.05) is 23.5 Å². The van der Waals surface area contributed by atoms with Gasteiger partial charge < -0.3 is 4.98 Å². The molecule has 0 fully saturated rings. The topological polar surface area (TPSA) is 88.6 Å². The van der Waals surface area contributed by atoms with E-state index in [2.05, 4.69) is 27.6 Å². The average Bonchev–Trinajstić information content (AvgIpc) is 3.25. The van der Waals surface area contributed by atoms with E-state index in [4.69, 9.17) is 4.98 Å². The summed E-state index contributed by atoms with van der Waals surface area (Å²) in [6, 6.07) is 21.4. The first kappa shape index (κ1) is 20.3. The summed E-state index contributed by atoms with van der Waals surface area (Å²) >= 11 is 4.63. The van der Waals surface area contributed by atoms with Crippen LogP contribution in [-0.2, 0) is 9.84 Å². The molecule has 30 heavy (non-hydrogen) atoms. The highest BCUT2D eigenvalue weighted by Crippen LogP contribution is 2.33. The number of benzene rings is 2. The van der Waals surface area contributed by atoms with Gasteiger partial charge in [-0.1, -0.05) is 60.7 Å². The summed E-state index contributed by atoms with van der Waals surface area (Å²) in [4.78, 5) is 15.8. The summed E-state index contributed by atoms with van der Waals surface area (Å²) in [7, 11) is -3.58. The van der Waals surface area contributed by atoms with Crippen molar-refractivity contribution >= 4 is 22.5 Å². The van der Waals surface area contributed by atoms with E-state index in [9.17, 15) is 8.42 Å². The number of aromatic amines is 1. The molecule has 1 unspecified atom stereocenters. The fourth-order valence-corrected chi connectivity index (χ4v) is 4.71. The molecule has 2 aromatic heterocycles. The van der Waals surface area contributed by atoms with Crippen molar-refractivity contribution in [1.82, 2.24) is 19.9 Å². The number of hydrogen-bond donors (Lipinski definition) is 2. The van der Waals surface area contributed by atoms with Crippen LogP contribution in [0.1, 0.15) is 17.5 Å². The van der Waals surface area contributed by atoms with Crippen LogP contribution < -0.4 is 0 Å². The molecule has 2 aromatic carbocycles. The molecule has 4 rings (SSSR count). The monoisotopic (exact) mass is 436 g/mol. The van der Waals surface area contributed by atoms with E-state index in [1.54, 1.807) is 6.07 Å². The Hall–Kier alpha value is -2.97. The number of thiol groups is 1. The summed E-state index contributed by atoms with van der Waals surface area (Å²) < 4.78 is 25.0. The van der Waals surface area contributed by atoms with Crippen LogP contribution in [0.2, 0.25) is 0 Å². The quantitative estimate of drug-likeness (QED) is 0.332. The first-order chi connectivity index (χ1) is 14.5. The van der Waals surface area contributed by atoms with Gasteiger partial charge in [-0.15, -0.1) is 0 Å². The number of imidazole rings is 1. The van der Waals surface area contributed by atoms with E-state index in [1.807, 2.05) is 60.7 Å². The Morgan fingerprint density at radius 2 is 1.47 bits per heavy atom. The van der Waals surface area contributed by atoms with Gasteiger partial charge >= 0.3 is 0 Å². The van der Waals surface area contributed by atoms with Gasteiger partial charge in [-0.05, 0) is 12.5 Å². The number of hydrogen-bond acceptors (Lipinski definition) is 6. The van der Waals surface area contributed by atoms with E-state index in [1.165, 1.54) is 12.4 Å². The number of H-pyrrole nitrogens is 1. The molecule has 0 aliphatic heterocycles. The molecule has 4 aromatic rings. The molecule has 0 saturated heterocycles. The largest absolute Gasteiger partial charge is 0.341 e. The fraction of sp³-hybridized carbons (Fsp3) is 0.136. The van der Waals surface area contributed by atoms with Gasteiger partial charge in [0.25, 0.3) is 0 Å². The van der Waals surface area contributed by atoms with Crippen LogP contribution in [0.5, 0.6) is 0 Å². The Morgan fingerprint density at radius 1 is 0.867 bits per heavy atom. The molecule has 0 saturated carbocycles. The minimum atomic E-state index is -3.58. The zero-order valence-corrected chi connectivity index (χ0v) is 17.7. The number of aromatic nitrogens is 4. The highest BCUT2D eigenvalue weighted by Gasteiger charge is 2.23. The van der Waals surface area contributed by atoms with Crippen LogP contribution in [0.4, 0.5) is 0 Å². The maximum Gasteiger partial charge on any atom is 0.246 e. The minimum Gasteiger partial charge on any atom is -0.341 e. The second kappa shape index (κ2) is 8.81. The summed E-state index contributed by atoms with van der Waals surface area (Å²) in [6.45, 7) is 0. The molecule has 152 valence electrons. The molecule has 0 aliphatic carbocycles. The predicted molar refractivity (Wildman–Crippen MR) is 120 cm³/mol. The minimum absolute atomic E-state index is 0.118. The normalized spacial score (nSPS) is 12.6. The molecular formula is C22H20N4O2S2. The Morgan fingerprint density at radius 3 is 2.10 bits per heavy atom. The highest BCUT2D eigenvalue weighted by molar-refractivity contribution is 7.91. The van der Waals surface area contributed by atoms with Crippen molar-refractivity contribution in [3.8, 4) is 22.5 Å². The first-order valence-corrected chi connectivity index (χ1v) is 11.6. The van der Waals surface area contributed by atoms with E-state index in [0.717, 1.165) is 22.5 Å². The second-order valence-corrected chi connectivity index (χ2v) is 9.36. The molecule has 0 bridgehead atoms. The van der Waals surface area contributed by atoms with E-state index >= 15 is 0 Å². The lowest BCUT2D eigenvalue weighted by atomic mass is 10.1. The predicted octanol–water partition coefficient (Wildman–Crippen LogP) is 4.37. The van der Waals surface area contributed by atoms with Crippen molar-refractivity contribution in [1.29, 1.82) is 0 Å². The van der Waals surface area contributed by atoms with Gasteiger partial charge in [0.1, 0.15) is 5.82 Å². The van der Waals surface area contributed by atoms with Crippen LogP contribution in [-0.4, -0.2) is 34.1 Å². The third-order valence-electron chi connectivity index (χ3n) is 4.63. The smallest absolute Gasteiger partial charge is 0.246 e. The fourth-order valence-electron chi connectivity index (χ4n) is 3.11. The van der Waals surface area contributed by atoms with Gasteiger partial charge in [0.05, 0.1) is 22.4 Å². The Kier molecular flexibility index (Phi) is 5.96. The molecule has 0 aliphatic rings. The molecule has 6 nitrogen and oxygen atoms in total. The highest BCUT2D eigenvalue weighted by atomic mass is 32.2. The van der Waals surface area contributed by atoms with Crippen molar-refractivity contribution in [2.75, 3.05) is 5.75 Å². The number of sulfone groups is 1. The summed E-state index contributed by atoms with van der Waals surface area (Å²) in [5.74, 6) is 0.507. The standard InChI is InChI=1S/C22H20N4O2S2/c27-30(28,22-23-13-7-14-24-22)15-12-18(29)21-25-19(16-8-3-1-4-9-16)20(26-21)17-10-5-2-6-11-17/h1-11,13-14,18,29H,12,15H2,(H,25,26). The summed E-state index contributed by atoms with van der Waals surface area (Å²) in [6.07, 6.45) is 3.12. The Labute approximate surface area is 180 Å². The maximum atomic E-state index is 12.5. The van der Waals surface area contributed by atoms with Gasteiger partial charge in [-0.3, -0.25) is 0 Å². The van der Waals surface area contributed by atoms with Crippen LogP contribution in [0.15, 0.2) is 84.3 Å². The van der Waals surface area contributed by atoms with Crippen LogP contribution in [0.3, 0.4) is 0 Å². The van der Waals surface area contributed by atoms with Crippen molar-refractivity contribution < 1.29 is 8.42 Å². The summed E-state index contributed by atoms with van der Waals surface area (Å²) in [5.41, 5.74) is 3.67. The van der Waals surface area contributed by atoms with E-state index in [-0.39, 0.29) is 22.6 Å². The molecule has 1 atom stereocenters. The third kappa shape index (κ3) is 4.44. The Balaban J connectivity index is 1.62. The third-order valence-corrected chi connectivity index (χ3v) is 6.67. The zero-order chi connectivity index (χ0) is 21.0. The molecule has 8 heteroatoms. The van der Waals surface area contributed by atoms with Gasteiger partial charge in [0.15, 0.2) is 0 Å². The molecule has 2 heterocycles. The number of nitrogens with one attached hydrogen (secondary N) is 1. The summed E-state index contributed by atoms with van der Waals surface area (Å²) in [5, 5.41) is -0.552. The van der Waals surface area contributed by atoms with Gasteiger partial charge in [-0.2, -0.15) is 12.6 Å². The average molecular weight is 437 g/mol. The van der Waals surface area contributed by atoms with Crippen LogP contribution in [0.25, 0.3) is 22.5 Å². The van der Waals surface area contributed by atoms with Crippen LogP contribution in [0, 0.1) is 0 Å². The Bertz CT molecular complexity index is 1160. The lowest BCUT2D eigenvalue weighted by Gasteiger charge is -2.08. The molecule has 0 spiro atoms. The maximum absolute atomic E-state index is 12.5. The number of rotatable bonds is 7. The lowest BCUT2D eigenvalue weighted by molar-refractivity contribution is 0.583. The van der Waals surface area contributed by atoms with Crippen LogP contribution >= 0.6 is 12.6 Å². The van der Waals surface area contributed by atoms with E-state index in [0.29, 0.717) is 5.82 Å². The zero-order valence-electron chi connectivity index (χ0n) is 16.0. The molecule has 0 amide bonds. The molecular weight excluding hydrogens is 416 g/mol. The van der Waals surface area contributed by atoms with Crippen molar-refractivity contribution in [2.24, 2.45) is 0 Å². The van der Waals surface area contributed by atoms with E-state index < -0.39 is 9.84 Å². The van der Waals surface area contributed by atoms with Crippen molar-refractivity contribution in [3.05, 3.63) is 84.9 Å². The second-order valence-electron chi connectivity index (χ2n) is 6.73.